The Morgan fingerprint density at radius 3 is 2.68 bits per heavy atom. The molecule has 5 heteroatoms. The molecule has 0 aliphatic rings. The normalized spacial score (nSPS) is 9.47. The first-order valence-corrected chi connectivity index (χ1v) is 6.45. The lowest BCUT2D eigenvalue weighted by Crippen LogP contribution is -2.34. The molecule has 0 aliphatic heterocycles. The van der Waals surface area contributed by atoms with Crippen LogP contribution >= 0.6 is 11.6 Å². The SMILES string of the molecule is CCN(CC)C(=O)Nc1ccc(Cl)cc1C#CCO. The van der Waals surface area contributed by atoms with Crippen molar-refractivity contribution in [2.24, 2.45) is 0 Å². The topological polar surface area (TPSA) is 52.6 Å². The van der Waals surface area contributed by atoms with Gasteiger partial charge in [0.05, 0.1) is 5.69 Å². The lowest BCUT2D eigenvalue weighted by molar-refractivity contribution is 0.217. The highest BCUT2D eigenvalue weighted by Crippen LogP contribution is 2.20. The van der Waals surface area contributed by atoms with Crippen LogP contribution in [0.5, 0.6) is 0 Å². The molecule has 0 radical (unpaired) electrons. The van der Waals surface area contributed by atoms with Gasteiger partial charge < -0.3 is 15.3 Å². The lowest BCUT2D eigenvalue weighted by atomic mass is 10.2. The van der Waals surface area contributed by atoms with Crippen molar-refractivity contribution >= 4 is 23.3 Å². The van der Waals surface area contributed by atoms with E-state index < -0.39 is 0 Å². The maximum atomic E-state index is 12.0. The Labute approximate surface area is 118 Å². The van der Waals surface area contributed by atoms with Crippen LogP contribution in [0.3, 0.4) is 0 Å². The molecule has 0 aromatic heterocycles. The lowest BCUT2D eigenvalue weighted by Gasteiger charge is -2.19. The van der Waals surface area contributed by atoms with Crippen LogP contribution < -0.4 is 5.32 Å². The fourth-order valence-electron chi connectivity index (χ4n) is 1.57. The van der Waals surface area contributed by atoms with Crippen molar-refractivity contribution < 1.29 is 9.90 Å². The molecule has 0 aliphatic carbocycles. The van der Waals surface area contributed by atoms with Gasteiger partial charge in [0.15, 0.2) is 0 Å². The van der Waals surface area contributed by atoms with Crippen LogP contribution in [0.4, 0.5) is 10.5 Å². The second-order valence-corrected chi connectivity index (χ2v) is 4.19. The molecule has 2 amide bonds. The maximum Gasteiger partial charge on any atom is 0.321 e. The first-order chi connectivity index (χ1) is 9.12. The number of nitrogens with zero attached hydrogens (tertiary/aromatic N) is 1. The molecule has 0 saturated heterocycles. The summed E-state index contributed by atoms with van der Waals surface area (Å²) in [5.41, 5.74) is 1.17. The van der Waals surface area contributed by atoms with Crippen LogP contribution in [0.15, 0.2) is 18.2 Å². The van der Waals surface area contributed by atoms with Crippen molar-refractivity contribution in [3.8, 4) is 11.8 Å². The summed E-state index contributed by atoms with van der Waals surface area (Å²) < 4.78 is 0. The third kappa shape index (κ3) is 4.47. The Morgan fingerprint density at radius 1 is 1.42 bits per heavy atom. The highest BCUT2D eigenvalue weighted by Gasteiger charge is 2.11. The van der Waals surface area contributed by atoms with Crippen molar-refractivity contribution in [1.82, 2.24) is 4.90 Å². The Hall–Kier alpha value is -1.70. The highest BCUT2D eigenvalue weighted by molar-refractivity contribution is 6.30. The quantitative estimate of drug-likeness (QED) is 0.836. The summed E-state index contributed by atoms with van der Waals surface area (Å²) >= 11 is 5.90. The Balaban J connectivity index is 2.97. The van der Waals surface area contributed by atoms with Gasteiger partial charge >= 0.3 is 6.03 Å². The van der Waals surface area contributed by atoms with Crippen molar-refractivity contribution in [3.05, 3.63) is 28.8 Å². The van der Waals surface area contributed by atoms with Gasteiger partial charge in [-0.2, -0.15) is 0 Å². The molecular weight excluding hydrogens is 264 g/mol. The molecule has 102 valence electrons. The van der Waals surface area contributed by atoms with Gasteiger partial charge in [-0.1, -0.05) is 23.4 Å². The Bertz CT molecular complexity index is 502. The molecule has 0 unspecified atom stereocenters. The first-order valence-electron chi connectivity index (χ1n) is 6.07. The molecule has 1 aromatic rings. The Morgan fingerprint density at radius 2 is 2.11 bits per heavy atom. The largest absolute Gasteiger partial charge is 0.384 e. The van der Waals surface area contributed by atoms with Gasteiger partial charge in [0, 0.05) is 23.7 Å². The van der Waals surface area contributed by atoms with Crippen LogP contribution in [0, 0.1) is 11.8 Å². The first kappa shape index (κ1) is 15.4. The number of aliphatic hydroxyl groups is 1. The summed E-state index contributed by atoms with van der Waals surface area (Å²) in [6.07, 6.45) is 0. The molecule has 19 heavy (non-hydrogen) atoms. The van der Waals surface area contributed by atoms with Crippen LogP contribution in [0.1, 0.15) is 19.4 Å². The number of rotatable bonds is 3. The average molecular weight is 281 g/mol. The summed E-state index contributed by atoms with van der Waals surface area (Å²) in [5.74, 6) is 5.31. The molecule has 0 fully saturated rings. The van der Waals surface area contributed by atoms with E-state index in [1.165, 1.54) is 0 Å². The summed E-state index contributed by atoms with van der Waals surface area (Å²) in [6.45, 7) is 4.85. The summed E-state index contributed by atoms with van der Waals surface area (Å²) in [4.78, 5) is 13.6. The predicted octanol–water partition coefficient (Wildman–Crippen LogP) is 2.56. The monoisotopic (exact) mass is 280 g/mol. The number of aliphatic hydroxyl groups excluding tert-OH is 1. The number of benzene rings is 1. The van der Waals surface area contributed by atoms with Gasteiger partial charge in [0.2, 0.25) is 0 Å². The Kier molecular flexibility index (Phi) is 6.20. The molecule has 2 N–H and O–H groups in total. The van der Waals surface area contributed by atoms with E-state index in [1.54, 1.807) is 23.1 Å². The van der Waals surface area contributed by atoms with Crippen LogP contribution in [0.2, 0.25) is 5.02 Å². The van der Waals surface area contributed by atoms with Crippen molar-refractivity contribution in [3.63, 3.8) is 0 Å². The van der Waals surface area contributed by atoms with Crippen molar-refractivity contribution in [2.75, 3.05) is 25.0 Å². The molecule has 0 bridgehead atoms. The molecule has 0 saturated carbocycles. The second kappa shape index (κ2) is 7.67. The number of urea groups is 1. The fraction of sp³-hybridized carbons (Fsp3) is 0.357. The van der Waals surface area contributed by atoms with Gasteiger partial charge in [-0.05, 0) is 32.0 Å². The number of carbonyl (C=O) groups is 1. The highest BCUT2D eigenvalue weighted by atomic mass is 35.5. The zero-order valence-corrected chi connectivity index (χ0v) is 11.8. The smallest absolute Gasteiger partial charge is 0.321 e. The minimum Gasteiger partial charge on any atom is -0.384 e. The maximum absolute atomic E-state index is 12.0. The second-order valence-electron chi connectivity index (χ2n) is 3.75. The van der Waals surface area contributed by atoms with Gasteiger partial charge in [0.25, 0.3) is 0 Å². The predicted molar refractivity (Wildman–Crippen MR) is 77.4 cm³/mol. The number of nitrogens with one attached hydrogen (secondary N) is 1. The third-order valence-electron chi connectivity index (χ3n) is 2.58. The minimum absolute atomic E-state index is 0.181. The molecule has 0 heterocycles. The summed E-state index contributed by atoms with van der Waals surface area (Å²) in [5, 5.41) is 12.1. The summed E-state index contributed by atoms with van der Waals surface area (Å²) in [6, 6.07) is 4.86. The standard InChI is InChI=1S/C14H17ClN2O2/c1-3-17(4-2)14(19)16-13-8-7-12(15)10-11(13)6-5-9-18/h7-8,10,18H,3-4,9H2,1-2H3,(H,16,19). The van der Waals surface area contributed by atoms with E-state index in [2.05, 4.69) is 17.2 Å². The molecule has 0 spiro atoms. The van der Waals surface area contributed by atoms with Crippen LogP contribution in [-0.4, -0.2) is 35.7 Å². The van der Waals surface area contributed by atoms with E-state index in [0.717, 1.165) is 0 Å². The van der Waals surface area contributed by atoms with Crippen LogP contribution in [-0.2, 0) is 0 Å². The van der Waals surface area contributed by atoms with E-state index in [9.17, 15) is 4.79 Å². The minimum atomic E-state index is -0.240. The number of anilines is 1. The van der Waals surface area contributed by atoms with Crippen molar-refractivity contribution in [2.45, 2.75) is 13.8 Å². The van der Waals surface area contributed by atoms with Crippen molar-refractivity contribution in [1.29, 1.82) is 0 Å². The van der Waals surface area contributed by atoms with Gasteiger partial charge in [0.1, 0.15) is 6.61 Å². The molecular formula is C14H17ClN2O2. The van der Waals surface area contributed by atoms with E-state index in [4.69, 9.17) is 16.7 Å². The molecule has 4 nitrogen and oxygen atoms in total. The summed E-state index contributed by atoms with van der Waals surface area (Å²) in [7, 11) is 0. The molecule has 0 atom stereocenters. The number of amides is 2. The van der Waals surface area contributed by atoms with E-state index >= 15 is 0 Å². The van der Waals surface area contributed by atoms with Gasteiger partial charge in [-0.3, -0.25) is 0 Å². The number of carbonyl (C=O) groups excluding carboxylic acids is 1. The zero-order valence-electron chi connectivity index (χ0n) is 11.0. The number of halogens is 1. The number of hydrogen-bond donors (Lipinski definition) is 2. The third-order valence-corrected chi connectivity index (χ3v) is 2.81. The van der Waals surface area contributed by atoms with Gasteiger partial charge in [-0.15, -0.1) is 0 Å². The van der Waals surface area contributed by atoms with Gasteiger partial charge in [-0.25, -0.2) is 4.79 Å². The fourth-order valence-corrected chi connectivity index (χ4v) is 1.74. The van der Waals surface area contributed by atoms with E-state index in [-0.39, 0.29) is 12.6 Å². The zero-order chi connectivity index (χ0) is 14.3. The average Bonchev–Trinajstić information content (AvgIpc) is 2.40. The van der Waals surface area contributed by atoms with E-state index in [1.807, 2.05) is 13.8 Å². The molecule has 1 aromatic carbocycles. The van der Waals surface area contributed by atoms with E-state index in [0.29, 0.717) is 29.4 Å². The van der Waals surface area contributed by atoms with Crippen LogP contribution in [0.25, 0.3) is 0 Å². The molecule has 1 rings (SSSR count). The number of hydrogen-bond acceptors (Lipinski definition) is 2.